The first-order valence-electron chi connectivity index (χ1n) is 6.08. The molecule has 0 aliphatic carbocycles. The van der Waals surface area contributed by atoms with Gasteiger partial charge in [-0.2, -0.15) is 0 Å². The monoisotopic (exact) mass is 254 g/mol. The van der Waals surface area contributed by atoms with Gasteiger partial charge in [0.15, 0.2) is 0 Å². The van der Waals surface area contributed by atoms with Crippen molar-refractivity contribution in [2.24, 2.45) is 0 Å². The molecular weight excluding hydrogens is 240 g/mol. The van der Waals surface area contributed by atoms with Crippen LogP contribution in [0.2, 0.25) is 0 Å². The molecule has 0 fully saturated rings. The Kier molecular flexibility index (Phi) is 2.97. The van der Waals surface area contributed by atoms with Crippen LogP contribution in [0.5, 0.6) is 5.75 Å². The van der Waals surface area contributed by atoms with Crippen LogP contribution in [0.15, 0.2) is 59.0 Å². The standard InChI is InChI=1S/C16H14O3/c1-18-13-8-6-11(7-9-13)16(17)15-10-12-4-2-3-5-14(12)19-15/h2-10,16-17H,1H3. The lowest BCUT2D eigenvalue weighted by molar-refractivity contribution is 0.192. The van der Waals surface area contributed by atoms with E-state index in [1.165, 1.54) is 0 Å². The van der Waals surface area contributed by atoms with Crippen LogP contribution in [0.3, 0.4) is 0 Å². The van der Waals surface area contributed by atoms with E-state index in [4.69, 9.17) is 9.15 Å². The highest BCUT2D eigenvalue weighted by molar-refractivity contribution is 5.77. The lowest BCUT2D eigenvalue weighted by Crippen LogP contribution is -1.97. The molecule has 3 aromatic rings. The van der Waals surface area contributed by atoms with Crippen molar-refractivity contribution in [3.8, 4) is 5.75 Å². The summed E-state index contributed by atoms with van der Waals surface area (Å²) in [6.45, 7) is 0. The third-order valence-electron chi connectivity index (χ3n) is 3.15. The fraction of sp³-hybridized carbons (Fsp3) is 0.125. The van der Waals surface area contributed by atoms with Crippen LogP contribution in [0, 0.1) is 0 Å². The molecule has 1 N–H and O–H groups in total. The Morgan fingerprint density at radius 3 is 2.47 bits per heavy atom. The van der Waals surface area contributed by atoms with Crippen LogP contribution in [0.25, 0.3) is 11.0 Å². The SMILES string of the molecule is COc1ccc(C(O)c2cc3ccccc3o2)cc1. The second kappa shape index (κ2) is 4.78. The zero-order valence-electron chi connectivity index (χ0n) is 10.5. The van der Waals surface area contributed by atoms with Gasteiger partial charge >= 0.3 is 0 Å². The summed E-state index contributed by atoms with van der Waals surface area (Å²) >= 11 is 0. The maximum atomic E-state index is 10.3. The first kappa shape index (κ1) is 11.8. The Morgan fingerprint density at radius 1 is 1.05 bits per heavy atom. The predicted octanol–water partition coefficient (Wildman–Crippen LogP) is 3.52. The number of furan rings is 1. The summed E-state index contributed by atoms with van der Waals surface area (Å²) < 4.78 is 10.8. The van der Waals surface area contributed by atoms with Gasteiger partial charge < -0.3 is 14.3 Å². The van der Waals surface area contributed by atoms with E-state index in [-0.39, 0.29) is 0 Å². The van der Waals surface area contributed by atoms with Crippen LogP contribution in [0.1, 0.15) is 17.4 Å². The van der Waals surface area contributed by atoms with E-state index < -0.39 is 6.10 Å². The van der Waals surface area contributed by atoms with Crippen molar-refractivity contribution < 1.29 is 14.3 Å². The number of hydrogen-bond acceptors (Lipinski definition) is 3. The van der Waals surface area contributed by atoms with Crippen LogP contribution >= 0.6 is 0 Å². The minimum atomic E-state index is -0.765. The van der Waals surface area contributed by atoms with Crippen LogP contribution in [-0.4, -0.2) is 12.2 Å². The molecule has 3 rings (SSSR count). The molecule has 19 heavy (non-hydrogen) atoms. The van der Waals surface area contributed by atoms with Gasteiger partial charge in [0.2, 0.25) is 0 Å². The number of methoxy groups -OCH3 is 1. The number of fused-ring (bicyclic) bond motifs is 1. The molecule has 1 unspecified atom stereocenters. The minimum Gasteiger partial charge on any atom is -0.497 e. The van der Waals surface area contributed by atoms with Crippen molar-refractivity contribution in [2.75, 3.05) is 7.11 Å². The topological polar surface area (TPSA) is 42.6 Å². The van der Waals surface area contributed by atoms with Crippen LogP contribution in [-0.2, 0) is 0 Å². The van der Waals surface area contributed by atoms with Crippen LogP contribution in [0.4, 0.5) is 0 Å². The Morgan fingerprint density at radius 2 is 1.79 bits per heavy atom. The summed E-state index contributed by atoms with van der Waals surface area (Å²) in [7, 11) is 1.62. The van der Waals surface area contributed by atoms with Crippen molar-refractivity contribution in [2.45, 2.75) is 6.10 Å². The molecular formula is C16H14O3. The summed E-state index contributed by atoms with van der Waals surface area (Å²) in [5.41, 5.74) is 1.56. The molecule has 0 aliphatic heterocycles. The van der Waals surface area contributed by atoms with Crippen molar-refractivity contribution in [1.29, 1.82) is 0 Å². The number of rotatable bonds is 3. The first-order chi connectivity index (χ1) is 9.28. The van der Waals surface area contributed by atoms with E-state index in [1.807, 2.05) is 54.6 Å². The molecule has 0 radical (unpaired) electrons. The number of aliphatic hydroxyl groups excluding tert-OH is 1. The summed E-state index contributed by atoms with van der Waals surface area (Å²) in [4.78, 5) is 0. The minimum absolute atomic E-state index is 0.548. The van der Waals surface area contributed by atoms with E-state index in [0.717, 1.165) is 22.3 Å². The zero-order chi connectivity index (χ0) is 13.2. The summed E-state index contributed by atoms with van der Waals surface area (Å²) in [6, 6.07) is 16.9. The van der Waals surface area contributed by atoms with E-state index in [9.17, 15) is 5.11 Å². The average molecular weight is 254 g/mol. The van der Waals surface area contributed by atoms with Crippen molar-refractivity contribution >= 4 is 11.0 Å². The Bertz CT molecular complexity index is 650. The molecule has 0 aliphatic rings. The maximum Gasteiger partial charge on any atom is 0.138 e. The van der Waals surface area contributed by atoms with E-state index in [1.54, 1.807) is 7.11 Å². The highest BCUT2D eigenvalue weighted by atomic mass is 16.5. The highest BCUT2D eigenvalue weighted by Gasteiger charge is 2.15. The Hall–Kier alpha value is -2.26. The maximum absolute atomic E-state index is 10.3. The molecule has 2 aromatic carbocycles. The molecule has 0 saturated carbocycles. The van der Waals surface area contributed by atoms with Crippen molar-refractivity contribution in [1.82, 2.24) is 0 Å². The van der Waals surface area contributed by atoms with Crippen LogP contribution < -0.4 is 4.74 Å². The highest BCUT2D eigenvalue weighted by Crippen LogP contribution is 2.28. The van der Waals surface area contributed by atoms with Crippen molar-refractivity contribution in [3.05, 3.63) is 65.9 Å². The third kappa shape index (κ3) is 2.20. The fourth-order valence-electron chi connectivity index (χ4n) is 2.09. The van der Waals surface area contributed by atoms with Gasteiger partial charge in [0, 0.05) is 5.39 Å². The second-order valence-electron chi connectivity index (χ2n) is 4.36. The lowest BCUT2D eigenvalue weighted by Gasteiger charge is -2.08. The number of ether oxygens (including phenoxy) is 1. The molecule has 0 saturated heterocycles. The van der Waals surface area contributed by atoms with Crippen molar-refractivity contribution in [3.63, 3.8) is 0 Å². The first-order valence-corrected chi connectivity index (χ1v) is 6.08. The third-order valence-corrected chi connectivity index (χ3v) is 3.15. The van der Waals surface area contributed by atoms with Gasteiger partial charge in [0.25, 0.3) is 0 Å². The zero-order valence-corrected chi connectivity index (χ0v) is 10.5. The van der Waals surface area contributed by atoms with Gasteiger partial charge in [-0.3, -0.25) is 0 Å². The van der Waals surface area contributed by atoms with Gasteiger partial charge in [0.05, 0.1) is 7.11 Å². The quantitative estimate of drug-likeness (QED) is 0.777. The van der Waals surface area contributed by atoms with Gasteiger partial charge in [-0.25, -0.2) is 0 Å². The largest absolute Gasteiger partial charge is 0.497 e. The summed E-state index contributed by atoms with van der Waals surface area (Å²) in [5, 5.41) is 11.3. The molecule has 0 amide bonds. The van der Waals surface area contributed by atoms with Gasteiger partial charge in [-0.15, -0.1) is 0 Å². The number of hydrogen-bond donors (Lipinski definition) is 1. The molecule has 1 atom stereocenters. The number of aliphatic hydroxyl groups is 1. The van der Waals surface area contributed by atoms with E-state index in [2.05, 4.69) is 0 Å². The number of benzene rings is 2. The van der Waals surface area contributed by atoms with Gasteiger partial charge in [0.1, 0.15) is 23.2 Å². The molecule has 0 spiro atoms. The Labute approximate surface area is 111 Å². The predicted molar refractivity (Wildman–Crippen MR) is 73.3 cm³/mol. The molecule has 1 heterocycles. The lowest BCUT2D eigenvalue weighted by atomic mass is 10.1. The molecule has 3 nitrogen and oxygen atoms in total. The molecule has 96 valence electrons. The van der Waals surface area contributed by atoms with Gasteiger partial charge in [-0.1, -0.05) is 30.3 Å². The van der Waals surface area contributed by atoms with E-state index >= 15 is 0 Å². The number of para-hydroxylation sites is 1. The molecule has 1 aromatic heterocycles. The van der Waals surface area contributed by atoms with E-state index in [0.29, 0.717) is 5.76 Å². The average Bonchev–Trinajstić information content (AvgIpc) is 2.90. The summed E-state index contributed by atoms with van der Waals surface area (Å²) in [5.74, 6) is 1.31. The smallest absolute Gasteiger partial charge is 0.138 e. The summed E-state index contributed by atoms with van der Waals surface area (Å²) in [6.07, 6.45) is -0.765. The van der Waals surface area contributed by atoms with Gasteiger partial charge in [-0.05, 0) is 29.8 Å². The molecule has 0 bridgehead atoms. The normalized spacial score (nSPS) is 12.5. The Balaban J connectivity index is 1.95. The molecule has 3 heteroatoms. The second-order valence-corrected chi connectivity index (χ2v) is 4.36. The fourth-order valence-corrected chi connectivity index (χ4v) is 2.09.